The number of hydrogen-bond donors (Lipinski definition) is 0. The molecule has 14 heavy (non-hydrogen) atoms. The molecule has 0 unspecified atom stereocenters. The summed E-state index contributed by atoms with van der Waals surface area (Å²) in [7, 11) is 0. The summed E-state index contributed by atoms with van der Waals surface area (Å²) in [5, 5.41) is 0. The van der Waals surface area contributed by atoms with Gasteiger partial charge in [-0.05, 0) is 12.5 Å². The molecular formula is C12H14O2. The van der Waals surface area contributed by atoms with Crippen LogP contribution >= 0.6 is 0 Å². The highest BCUT2D eigenvalue weighted by molar-refractivity contribution is 5.81. The van der Waals surface area contributed by atoms with Crippen LogP contribution in [0.15, 0.2) is 36.9 Å². The number of hydrogen-bond acceptors (Lipinski definition) is 2. The molecule has 0 saturated carbocycles. The van der Waals surface area contributed by atoms with Crippen molar-refractivity contribution in [3.63, 3.8) is 0 Å². The van der Waals surface area contributed by atoms with Crippen molar-refractivity contribution in [2.45, 2.75) is 13.3 Å². The summed E-state index contributed by atoms with van der Waals surface area (Å²) in [5.74, 6) is -0.363. The number of rotatable bonds is 4. The Kier molecular flexibility index (Phi) is 3.92. The standard InChI is InChI=1S/C12H14O2/c1-3-12(13)14-8-7-11-6-4-5-10(2)9-11/h3-6,9H,1,7-8H2,2H3. The van der Waals surface area contributed by atoms with Crippen molar-refractivity contribution in [3.8, 4) is 0 Å². The molecule has 0 heterocycles. The molecule has 0 aliphatic heterocycles. The molecule has 0 atom stereocenters. The summed E-state index contributed by atoms with van der Waals surface area (Å²) in [4.78, 5) is 10.7. The highest BCUT2D eigenvalue weighted by Gasteiger charge is 1.96. The smallest absolute Gasteiger partial charge is 0.330 e. The molecule has 0 spiro atoms. The zero-order chi connectivity index (χ0) is 10.4. The van der Waals surface area contributed by atoms with E-state index in [1.165, 1.54) is 17.2 Å². The van der Waals surface area contributed by atoms with Crippen LogP contribution in [0.3, 0.4) is 0 Å². The first-order chi connectivity index (χ1) is 6.72. The van der Waals surface area contributed by atoms with E-state index < -0.39 is 0 Å². The van der Waals surface area contributed by atoms with Crippen LogP contribution in [0.1, 0.15) is 11.1 Å². The van der Waals surface area contributed by atoms with E-state index in [-0.39, 0.29) is 5.97 Å². The summed E-state index contributed by atoms with van der Waals surface area (Å²) < 4.78 is 4.88. The van der Waals surface area contributed by atoms with Crippen LogP contribution in [0.2, 0.25) is 0 Å². The monoisotopic (exact) mass is 190 g/mol. The maximum absolute atomic E-state index is 10.7. The first-order valence-electron chi connectivity index (χ1n) is 4.57. The third-order valence-corrected chi connectivity index (χ3v) is 1.88. The molecule has 0 bridgehead atoms. The number of esters is 1. The van der Waals surface area contributed by atoms with Crippen LogP contribution in [0.25, 0.3) is 0 Å². The van der Waals surface area contributed by atoms with Gasteiger partial charge in [-0.3, -0.25) is 0 Å². The third kappa shape index (κ3) is 3.44. The van der Waals surface area contributed by atoms with E-state index >= 15 is 0 Å². The van der Waals surface area contributed by atoms with Crippen LogP contribution in [0.5, 0.6) is 0 Å². The van der Waals surface area contributed by atoms with Crippen molar-refractivity contribution in [2.24, 2.45) is 0 Å². The van der Waals surface area contributed by atoms with Gasteiger partial charge in [0.1, 0.15) is 0 Å². The van der Waals surface area contributed by atoms with Crippen molar-refractivity contribution in [1.82, 2.24) is 0 Å². The van der Waals surface area contributed by atoms with Crippen LogP contribution in [0.4, 0.5) is 0 Å². The molecule has 2 heteroatoms. The zero-order valence-electron chi connectivity index (χ0n) is 8.32. The Morgan fingerprint density at radius 1 is 1.57 bits per heavy atom. The molecule has 74 valence electrons. The van der Waals surface area contributed by atoms with Gasteiger partial charge in [0.2, 0.25) is 0 Å². The zero-order valence-corrected chi connectivity index (χ0v) is 8.32. The van der Waals surface area contributed by atoms with Crippen molar-refractivity contribution in [2.75, 3.05) is 6.61 Å². The molecule has 0 fully saturated rings. The van der Waals surface area contributed by atoms with Gasteiger partial charge in [0, 0.05) is 12.5 Å². The second kappa shape index (κ2) is 5.22. The Labute approximate surface area is 84.2 Å². The third-order valence-electron chi connectivity index (χ3n) is 1.88. The number of carbonyl (C=O) groups is 1. The SMILES string of the molecule is C=CC(=O)OCCc1cccc(C)c1. The van der Waals surface area contributed by atoms with Crippen molar-refractivity contribution in [1.29, 1.82) is 0 Å². The van der Waals surface area contributed by atoms with Crippen molar-refractivity contribution < 1.29 is 9.53 Å². The number of benzene rings is 1. The predicted octanol–water partition coefficient (Wildman–Crippen LogP) is 2.27. The van der Waals surface area contributed by atoms with Gasteiger partial charge >= 0.3 is 5.97 Å². The van der Waals surface area contributed by atoms with Crippen LogP contribution in [-0.2, 0) is 16.0 Å². The maximum Gasteiger partial charge on any atom is 0.330 e. The van der Waals surface area contributed by atoms with Gasteiger partial charge in [0.15, 0.2) is 0 Å². The Hall–Kier alpha value is -1.57. The molecule has 0 aromatic heterocycles. The Bertz CT molecular complexity index is 329. The molecule has 0 saturated heterocycles. The van der Waals surface area contributed by atoms with Crippen LogP contribution in [0, 0.1) is 6.92 Å². The minimum absolute atomic E-state index is 0.363. The van der Waals surface area contributed by atoms with E-state index in [4.69, 9.17) is 4.74 Å². The van der Waals surface area contributed by atoms with E-state index in [0.717, 1.165) is 6.42 Å². The second-order valence-corrected chi connectivity index (χ2v) is 3.11. The Morgan fingerprint density at radius 2 is 2.36 bits per heavy atom. The highest BCUT2D eigenvalue weighted by atomic mass is 16.5. The summed E-state index contributed by atoms with van der Waals surface area (Å²) >= 11 is 0. The van der Waals surface area contributed by atoms with E-state index in [2.05, 4.69) is 12.6 Å². The molecule has 0 aliphatic rings. The fourth-order valence-corrected chi connectivity index (χ4v) is 1.20. The number of ether oxygens (including phenoxy) is 1. The Balaban J connectivity index is 2.38. The first kappa shape index (κ1) is 10.5. The molecule has 1 rings (SSSR count). The van der Waals surface area contributed by atoms with Gasteiger partial charge in [0.25, 0.3) is 0 Å². The van der Waals surface area contributed by atoms with E-state index in [9.17, 15) is 4.79 Å². The fraction of sp³-hybridized carbons (Fsp3) is 0.250. The van der Waals surface area contributed by atoms with Gasteiger partial charge in [0.05, 0.1) is 6.61 Å². The molecule has 0 aliphatic carbocycles. The summed E-state index contributed by atoms with van der Waals surface area (Å²) in [6.45, 7) is 5.78. The lowest BCUT2D eigenvalue weighted by molar-refractivity contribution is -0.137. The van der Waals surface area contributed by atoms with Crippen molar-refractivity contribution in [3.05, 3.63) is 48.0 Å². The predicted molar refractivity (Wildman–Crippen MR) is 56.0 cm³/mol. The molecule has 0 N–H and O–H groups in total. The molecule has 1 aromatic rings. The van der Waals surface area contributed by atoms with Crippen LogP contribution in [-0.4, -0.2) is 12.6 Å². The molecule has 0 radical (unpaired) electrons. The lowest BCUT2D eigenvalue weighted by atomic mass is 10.1. The van der Waals surface area contributed by atoms with Gasteiger partial charge in [-0.25, -0.2) is 4.79 Å². The second-order valence-electron chi connectivity index (χ2n) is 3.11. The number of carbonyl (C=O) groups excluding carboxylic acids is 1. The summed E-state index contributed by atoms with van der Waals surface area (Å²) in [6.07, 6.45) is 1.93. The minimum Gasteiger partial charge on any atom is -0.462 e. The topological polar surface area (TPSA) is 26.3 Å². The average molecular weight is 190 g/mol. The van der Waals surface area contributed by atoms with Gasteiger partial charge in [-0.2, -0.15) is 0 Å². The largest absolute Gasteiger partial charge is 0.462 e. The maximum atomic E-state index is 10.7. The highest BCUT2D eigenvalue weighted by Crippen LogP contribution is 2.04. The van der Waals surface area contributed by atoms with E-state index in [1.54, 1.807) is 0 Å². The van der Waals surface area contributed by atoms with E-state index in [0.29, 0.717) is 6.61 Å². The summed E-state index contributed by atoms with van der Waals surface area (Å²) in [6, 6.07) is 8.15. The number of aryl methyl sites for hydroxylation is 1. The molecule has 0 amide bonds. The fourth-order valence-electron chi connectivity index (χ4n) is 1.20. The molecule has 2 nitrogen and oxygen atoms in total. The molecular weight excluding hydrogens is 176 g/mol. The van der Waals surface area contributed by atoms with Crippen molar-refractivity contribution >= 4 is 5.97 Å². The first-order valence-corrected chi connectivity index (χ1v) is 4.57. The molecule has 1 aromatic carbocycles. The van der Waals surface area contributed by atoms with Crippen LogP contribution < -0.4 is 0 Å². The lowest BCUT2D eigenvalue weighted by Gasteiger charge is -2.02. The minimum atomic E-state index is -0.363. The van der Waals surface area contributed by atoms with E-state index in [1.807, 2.05) is 25.1 Å². The summed E-state index contributed by atoms with van der Waals surface area (Å²) in [5.41, 5.74) is 2.40. The lowest BCUT2D eigenvalue weighted by Crippen LogP contribution is -2.04. The van der Waals surface area contributed by atoms with Gasteiger partial charge in [-0.1, -0.05) is 36.4 Å². The average Bonchev–Trinajstić information content (AvgIpc) is 2.17. The van der Waals surface area contributed by atoms with Gasteiger partial charge < -0.3 is 4.74 Å². The van der Waals surface area contributed by atoms with Gasteiger partial charge in [-0.15, -0.1) is 0 Å². The Morgan fingerprint density at radius 3 is 3.00 bits per heavy atom. The quantitative estimate of drug-likeness (QED) is 0.537. The normalized spacial score (nSPS) is 9.50.